The van der Waals surface area contributed by atoms with Crippen LogP contribution in [0.3, 0.4) is 0 Å². The average molecular weight is 238 g/mol. The molecular formula is C14H10N2O2. The number of rotatable bonds is 3. The van der Waals surface area contributed by atoms with Crippen molar-refractivity contribution in [2.24, 2.45) is 0 Å². The molecule has 0 aliphatic heterocycles. The van der Waals surface area contributed by atoms with Gasteiger partial charge in [0.25, 0.3) is 0 Å². The zero-order valence-corrected chi connectivity index (χ0v) is 9.48. The third kappa shape index (κ3) is 1.73. The lowest BCUT2D eigenvalue weighted by Gasteiger charge is -2.01. The van der Waals surface area contributed by atoms with E-state index in [4.69, 9.17) is 4.42 Å². The van der Waals surface area contributed by atoms with Crippen molar-refractivity contribution in [1.29, 1.82) is 0 Å². The van der Waals surface area contributed by atoms with Crippen molar-refractivity contribution < 1.29 is 9.21 Å². The standard InChI is InChI=1S/C14H10N2O2/c17-10-12-9-13(14-7-4-8-18-14)15-16(12)11-5-2-1-3-6-11/h1-10H. The minimum atomic E-state index is 0.493. The summed E-state index contributed by atoms with van der Waals surface area (Å²) >= 11 is 0. The predicted octanol–water partition coefficient (Wildman–Crippen LogP) is 2.94. The van der Waals surface area contributed by atoms with Gasteiger partial charge in [-0.05, 0) is 30.3 Å². The molecule has 0 aliphatic rings. The molecule has 0 aliphatic carbocycles. The molecule has 1 aromatic carbocycles. The lowest BCUT2D eigenvalue weighted by molar-refractivity contribution is 0.111. The molecular weight excluding hydrogens is 228 g/mol. The largest absolute Gasteiger partial charge is 0.463 e. The van der Waals surface area contributed by atoms with Crippen molar-refractivity contribution in [3.63, 3.8) is 0 Å². The van der Waals surface area contributed by atoms with Crippen LogP contribution in [0.2, 0.25) is 0 Å². The summed E-state index contributed by atoms with van der Waals surface area (Å²) in [6.07, 6.45) is 2.36. The quantitative estimate of drug-likeness (QED) is 0.659. The minimum Gasteiger partial charge on any atom is -0.463 e. The van der Waals surface area contributed by atoms with Crippen molar-refractivity contribution in [3.8, 4) is 17.1 Å². The van der Waals surface area contributed by atoms with Crippen molar-refractivity contribution in [1.82, 2.24) is 9.78 Å². The lowest BCUT2D eigenvalue weighted by Crippen LogP contribution is -2.00. The Morgan fingerprint density at radius 2 is 1.94 bits per heavy atom. The topological polar surface area (TPSA) is 48.0 Å². The van der Waals surface area contributed by atoms with Crippen molar-refractivity contribution in [2.75, 3.05) is 0 Å². The molecule has 0 N–H and O–H groups in total. The van der Waals surface area contributed by atoms with E-state index in [-0.39, 0.29) is 0 Å². The van der Waals surface area contributed by atoms with Crippen LogP contribution in [0, 0.1) is 0 Å². The molecule has 4 heteroatoms. The molecule has 0 saturated heterocycles. The molecule has 0 fully saturated rings. The second kappa shape index (κ2) is 4.33. The Kier molecular flexibility index (Phi) is 2.53. The van der Waals surface area contributed by atoms with E-state index in [0.29, 0.717) is 17.1 Å². The predicted molar refractivity (Wildman–Crippen MR) is 66.7 cm³/mol. The van der Waals surface area contributed by atoms with E-state index < -0.39 is 0 Å². The molecule has 0 atom stereocenters. The zero-order valence-electron chi connectivity index (χ0n) is 9.48. The fourth-order valence-corrected chi connectivity index (χ4v) is 1.80. The summed E-state index contributed by atoms with van der Waals surface area (Å²) in [6, 6.07) is 14.8. The molecule has 0 bridgehead atoms. The summed E-state index contributed by atoms with van der Waals surface area (Å²) in [6.45, 7) is 0. The van der Waals surface area contributed by atoms with E-state index in [1.165, 1.54) is 0 Å². The molecule has 2 aromatic heterocycles. The Hall–Kier alpha value is -2.62. The van der Waals surface area contributed by atoms with E-state index in [1.807, 2.05) is 36.4 Å². The Morgan fingerprint density at radius 3 is 2.61 bits per heavy atom. The molecule has 18 heavy (non-hydrogen) atoms. The lowest BCUT2D eigenvalue weighted by atomic mass is 10.3. The maximum Gasteiger partial charge on any atom is 0.168 e. The van der Waals surface area contributed by atoms with Crippen molar-refractivity contribution >= 4 is 6.29 Å². The van der Waals surface area contributed by atoms with Crippen molar-refractivity contribution in [3.05, 3.63) is 60.5 Å². The van der Waals surface area contributed by atoms with Gasteiger partial charge in [0.2, 0.25) is 0 Å². The third-order valence-electron chi connectivity index (χ3n) is 2.63. The summed E-state index contributed by atoms with van der Waals surface area (Å²) in [4.78, 5) is 11.1. The molecule has 2 heterocycles. The number of nitrogens with zero attached hydrogens (tertiary/aromatic N) is 2. The molecule has 0 radical (unpaired) electrons. The van der Waals surface area contributed by atoms with Crippen LogP contribution >= 0.6 is 0 Å². The summed E-state index contributed by atoms with van der Waals surface area (Å²) in [7, 11) is 0. The highest BCUT2D eigenvalue weighted by atomic mass is 16.3. The fourth-order valence-electron chi connectivity index (χ4n) is 1.80. The second-order valence-electron chi connectivity index (χ2n) is 3.80. The fraction of sp³-hybridized carbons (Fsp3) is 0. The van der Waals surface area contributed by atoms with Gasteiger partial charge in [-0.2, -0.15) is 5.10 Å². The van der Waals surface area contributed by atoms with Crippen LogP contribution in [0.1, 0.15) is 10.5 Å². The number of furan rings is 1. The number of benzene rings is 1. The number of carbonyl (C=O) groups excluding carboxylic acids is 1. The number of aldehydes is 1. The maximum atomic E-state index is 11.1. The van der Waals surface area contributed by atoms with E-state index in [9.17, 15) is 4.79 Å². The van der Waals surface area contributed by atoms with Crippen LogP contribution in [0.4, 0.5) is 0 Å². The Labute approximate surface area is 103 Å². The van der Waals surface area contributed by atoms with Crippen LogP contribution in [-0.4, -0.2) is 16.1 Å². The molecule has 0 amide bonds. The monoisotopic (exact) mass is 238 g/mol. The number of carbonyl (C=O) groups is 1. The SMILES string of the molecule is O=Cc1cc(-c2ccco2)nn1-c1ccccc1. The third-order valence-corrected chi connectivity index (χ3v) is 2.63. The number of para-hydroxylation sites is 1. The van der Waals surface area contributed by atoms with Crippen LogP contribution in [0.15, 0.2) is 59.2 Å². The molecule has 3 aromatic rings. The van der Waals surface area contributed by atoms with Gasteiger partial charge >= 0.3 is 0 Å². The molecule has 0 spiro atoms. The number of aromatic nitrogens is 2. The minimum absolute atomic E-state index is 0.493. The van der Waals surface area contributed by atoms with Gasteiger partial charge in [0.1, 0.15) is 11.4 Å². The molecule has 4 nitrogen and oxygen atoms in total. The van der Waals surface area contributed by atoms with Gasteiger partial charge in [0, 0.05) is 0 Å². The highest BCUT2D eigenvalue weighted by Gasteiger charge is 2.11. The summed E-state index contributed by atoms with van der Waals surface area (Å²) in [5.74, 6) is 0.646. The second-order valence-corrected chi connectivity index (χ2v) is 3.80. The van der Waals surface area contributed by atoms with Crippen molar-refractivity contribution in [2.45, 2.75) is 0 Å². The van der Waals surface area contributed by atoms with Gasteiger partial charge in [-0.3, -0.25) is 4.79 Å². The van der Waals surface area contributed by atoms with Gasteiger partial charge in [-0.25, -0.2) is 4.68 Å². The Morgan fingerprint density at radius 1 is 1.11 bits per heavy atom. The first-order valence-corrected chi connectivity index (χ1v) is 5.53. The van der Waals surface area contributed by atoms with Gasteiger partial charge in [-0.1, -0.05) is 18.2 Å². The van der Waals surface area contributed by atoms with E-state index in [2.05, 4.69) is 5.10 Å². The summed E-state index contributed by atoms with van der Waals surface area (Å²) < 4.78 is 6.88. The zero-order chi connectivity index (χ0) is 12.4. The maximum absolute atomic E-state index is 11.1. The number of hydrogen-bond donors (Lipinski definition) is 0. The van der Waals surface area contributed by atoms with Crippen LogP contribution in [0.25, 0.3) is 17.1 Å². The van der Waals surface area contributed by atoms with Crippen LogP contribution < -0.4 is 0 Å². The summed E-state index contributed by atoms with van der Waals surface area (Å²) in [5, 5.41) is 4.39. The molecule has 0 saturated carbocycles. The number of hydrogen-bond acceptors (Lipinski definition) is 3. The van der Waals surface area contributed by atoms with Crippen LogP contribution in [-0.2, 0) is 0 Å². The first-order valence-electron chi connectivity index (χ1n) is 5.53. The van der Waals surface area contributed by atoms with Crippen LogP contribution in [0.5, 0.6) is 0 Å². The highest BCUT2D eigenvalue weighted by Crippen LogP contribution is 2.21. The smallest absolute Gasteiger partial charge is 0.168 e. The molecule has 88 valence electrons. The van der Waals surface area contributed by atoms with E-state index in [1.54, 1.807) is 23.1 Å². The van der Waals surface area contributed by atoms with Gasteiger partial charge < -0.3 is 4.42 Å². The van der Waals surface area contributed by atoms with E-state index in [0.717, 1.165) is 12.0 Å². The molecule has 0 unspecified atom stereocenters. The summed E-state index contributed by atoms with van der Waals surface area (Å²) in [5.41, 5.74) is 1.98. The first kappa shape index (κ1) is 10.5. The average Bonchev–Trinajstić information content (AvgIpc) is 3.08. The highest BCUT2D eigenvalue weighted by molar-refractivity contribution is 5.76. The van der Waals surface area contributed by atoms with Gasteiger partial charge in [0.05, 0.1) is 12.0 Å². The van der Waals surface area contributed by atoms with Gasteiger partial charge in [-0.15, -0.1) is 0 Å². The van der Waals surface area contributed by atoms with Gasteiger partial charge in [0.15, 0.2) is 12.0 Å². The normalized spacial score (nSPS) is 10.4. The van der Waals surface area contributed by atoms with E-state index >= 15 is 0 Å². The first-order chi connectivity index (χ1) is 8.88. The Balaban J connectivity index is 2.13. The Bertz CT molecular complexity index is 654. The molecule has 3 rings (SSSR count).